The van der Waals surface area contributed by atoms with Crippen molar-refractivity contribution < 1.29 is 14.3 Å². The van der Waals surface area contributed by atoms with Crippen molar-refractivity contribution in [2.45, 2.75) is 32.3 Å². The molecule has 5 rings (SSSR count). The van der Waals surface area contributed by atoms with Crippen LogP contribution in [0, 0.1) is 0 Å². The molecule has 0 saturated heterocycles. The molecule has 0 heterocycles. The molecular formula is C35H32O3. The van der Waals surface area contributed by atoms with E-state index < -0.39 is 0 Å². The summed E-state index contributed by atoms with van der Waals surface area (Å²) >= 11 is 0. The number of allylic oxidation sites excluding steroid dienone is 1. The molecule has 4 aromatic carbocycles. The Morgan fingerprint density at radius 3 is 2.24 bits per heavy atom. The van der Waals surface area contributed by atoms with Gasteiger partial charge < -0.3 is 9.47 Å². The van der Waals surface area contributed by atoms with Crippen molar-refractivity contribution in [3.05, 3.63) is 142 Å². The Hall–Kier alpha value is -4.37. The number of benzene rings is 4. The molecule has 3 nitrogen and oxygen atoms in total. The second-order valence-corrected chi connectivity index (χ2v) is 10.3. The predicted molar refractivity (Wildman–Crippen MR) is 155 cm³/mol. The Kier molecular flexibility index (Phi) is 7.28. The molecule has 0 atom stereocenters. The molecule has 0 aliphatic heterocycles. The summed E-state index contributed by atoms with van der Waals surface area (Å²) in [6.45, 7) is 5.16. The van der Waals surface area contributed by atoms with Crippen LogP contribution in [0.4, 0.5) is 0 Å². The number of methoxy groups -OCH3 is 1. The van der Waals surface area contributed by atoms with Crippen LogP contribution in [0.15, 0.2) is 103 Å². The second kappa shape index (κ2) is 10.9. The molecular weight excluding hydrogens is 468 g/mol. The zero-order valence-electron chi connectivity index (χ0n) is 22.1. The maximum Gasteiger partial charge on any atom is 0.337 e. The van der Waals surface area contributed by atoms with Gasteiger partial charge in [0.25, 0.3) is 0 Å². The van der Waals surface area contributed by atoms with E-state index in [4.69, 9.17) is 9.47 Å². The first-order chi connectivity index (χ1) is 18.4. The molecule has 0 spiro atoms. The summed E-state index contributed by atoms with van der Waals surface area (Å²) in [5.41, 5.74) is 9.00. The smallest absolute Gasteiger partial charge is 0.337 e. The van der Waals surface area contributed by atoms with Crippen molar-refractivity contribution in [1.82, 2.24) is 0 Å². The van der Waals surface area contributed by atoms with Crippen molar-refractivity contribution in [3.63, 3.8) is 0 Å². The van der Waals surface area contributed by atoms with Gasteiger partial charge in [-0.15, -0.1) is 0 Å². The first-order valence-electron chi connectivity index (χ1n) is 12.9. The first kappa shape index (κ1) is 25.3. The van der Waals surface area contributed by atoms with E-state index in [1.165, 1.54) is 29.4 Å². The predicted octanol–water partition coefficient (Wildman–Crippen LogP) is 8.34. The van der Waals surface area contributed by atoms with Crippen LogP contribution >= 0.6 is 0 Å². The van der Waals surface area contributed by atoms with E-state index in [2.05, 4.69) is 86.7 Å². The van der Waals surface area contributed by atoms with Crippen LogP contribution in [0.3, 0.4) is 0 Å². The Morgan fingerprint density at radius 1 is 0.842 bits per heavy atom. The highest BCUT2D eigenvalue weighted by atomic mass is 16.5. The van der Waals surface area contributed by atoms with Crippen molar-refractivity contribution in [3.8, 4) is 5.75 Å². The number of esters is 1. The zero-order valence-corrected chi connectivity index (χ0v) is 22.1. The quantitative estimate of drug-likeness (QED) is 0.189. The van der Waals surface area contributed by atoms with Gasteiger partial charge in [0.15, 0.2) is 0 Å². The monoisotopic (exact) mass is 500 g/mol. The van der Waals surface area contributed by atoms with E-state index in [9.17, 15) is 4.79 Å². The third-order valence-corrected chi connectivity index (χ3v) is 7.09. The Bertz CT molecular complexity index is 1470. The molecule has 0 aromatic heterocycles. The van der Waals surface area contributed by atoms with Gasteiger partial charge in [-0.2, -0.15) is 0 Å². The van der Waals surface area contributed by atoms with Gasteiger partial charge >= 0.3 is 5.97 Å². The standard InChI is InChI=1S/C35H32O3/c1-35(2)22-21-31(28-16-18-30(19-17-28)38-24-27-7-5-4-6-8-27)32-23-26(13-20-33(32)35)10-9-25-11-14-29(15-12-25)34(36)37-3/h4-21,23H,22,24H2,1-3H3/b10-9+. The molecule has 0 N–H and O–H groups in total. The van der Waals surface area contributed by atoms with Gasteiger partial charge in [-0.1, -0.05) is 98.8 Å². The minimum Gasteiger partial charge on any atom is -0.489 e. The summed E-state index contributed by atoms with van der Waals surface area (Å²) in [5.74, 6) is 0.539. The Balaban J connectivity index is 1.37. The van der Waals surface area contributed by atoms with Gasteiger partial charge in [0.2, 0.25) is 0 Å². The average molecular weight is 501 g/mol. The van der Waals surface area contributed by atoms with Gasteiger partial charge in [0.05, 0.1) is 12.7 Å². The minimum atomic E-state index is -0.326. The number of hydrogen-bond acceptors (Lipinski definition) is 3. The molecule has 1 aliphatic carbocycles. The fourth-order valence-corrected chi connectivity index (χ4v) is 4.84. The third-order valence-electron chi connectivity index (χ3n) is 7.09. The third kappa shape index (κ3) is 5.63. The summed E-state index contributed by atoms with van der Waals surface area (Å²) in [5, 5.41) is 0. The van der Waals surface area contributed by atoms with Crippen LogP contribution < -0.4 is 4.74 Å². The highest BCUT2D eigenvalue weighted by Crippen LogP contribution is 2.42. The Morgan fingerprint density at radius 2 is 1.53 bits per heavy atom. The molecule has 0 unspecified atom stereocenters. The van der Waals surface area contributed by atoms with Crippen LogP contribution in [-0.2, 0) is 16.8 Å². The van der Waals surface area contributed by atoms with Gasteiger partial charge in [0, 0.05) is 0 Å². The van der Waals surface area contributed by atoms with E-state index in [1.807, 2.05) is 30.3 Å². The molecule has 1 aliphatic rings. The van der Waals surface area contributed by atoms with E-state index in [0.717, 1.165) is 28.9 Å². The van der Waals surface area contributed by atoms with E-state index in [1.54, 1.807) is 12.1 Å². The molecule has 0 fully saturated rings. The lowest BCUT2D eigenvalue weighted by atomic mass is 9.72. The Labute approximate surface area is 225 Å². The molecule has 0 radical (unpaired) electrons. The van der Waals surface area contributed by atoms with Crippen LogP contribution in [0.25, 0.3) is 17.7 Å². The van der Waals surface area contributed by atoms with Crippen molar-refractivity contribution >= 4 is 23.7 Å². The van der Waals surface area contributed by atoms with Gasteiger partial charge in [0.1, 0.15) is 12.4 Å². The minimum absolute atomic E-state index is 0.0729. The molecule has 0 bridgehead atoms. The van der Waals surface area contributed by atoms with Crippen LogP contribution in [0.2, 0.25) is 0 Å². The van der Waals surface area contributed by atoms with E-state index in [0.29, 0.717) is 12.2 Å². The molecule has 190 valence electrons. The largest absolute Gasteiger partial charge is 0.489 e. The van der Waals surface area contributed by atoms with Crippen molar-refractivity contribution in [2.24, 2.45) is 0 Å². The summed E-state index contributed by atoms with van der Waals surface area (Å²) in [6.07, 6.45) is 7.54. The second-order valence-electron chi connectivity index (χ2n) is 10.3. The molecule has 0 saturated carbocycles. The molecule has 4 aromatic rings. The lowest BCUT2D eigenvalue weighted by molar-refractivity contribution is 0.0600. The molecule has 0 amide bonds. The van der Waals surface area contributed by atoms with Crippen molar-refractivity contribution in [2.75, 3.05) is 7.11 Å². The lowest BCUT2D eigenvalue weighted by Gasteiger charge is -2.32. The van der Waals surface area contributed by atoms with Crippen LogP contribution in [0.5, 0.6) is 5.75 Å². The average Bonchev–Trinajstić information content (AvgIpc) is 2.96. The summed E-state index contributed by atoms with van der Waals surface area (Å²) in [4.78, 5) is 11.7. The SMILES string of the molecule is COC(=O)c1ccc(/C=C/c2ccc3c(c2)C(c2ccc(OCc4ccccc4)cc2)=CCC3(C)C)cc1. The number of ether oxygens (including phenoxy) is 2. The maximum atomic E-state index is 11.7. The topological polar surface area (TPSA) is 35.5 Å². The van der Waals surface area contributed by atoms with Crippen molar-refractivity contribution in [1.29, 1.82) is 0 Å². The van der Waals surface area contributed by atoms with Gasteiger partial charge in [-0.25, -0.2) is 4.79 Å². The summed E-state index contributed by atoms with van der Waals surface area (Å²) in [7, 11) is 1.39. The van der Waals surface area contributed by atoms with Crippen LogP contribution in [-0.4, -0.2) is 13.1 Å². The van der Waals surface area contributed by atoms with Gasteiger partial charge in [-0.3, -0.25) is 0 Å². The summed E-state index contributed by atoms with van der Waals surface area (Å²) in [6, 6.07) is 32.8. The molecule has 38 heavy (non-hydrogen) atoms. The number of carbonyl (C=O) groups excluding carboxylic acids is 1. The van der Waals surface area contributed by atoms with Crippen LogP contribution in [0.1, 0.15) is 64.0 Å². The first-order valence-corrected chi connectivity index (χ1v) is 12.9. The number of hydrogen-bond donors (Lipinski definition) is 0. The summed E-state index contributed by atoms with van der Waals surface area (Å²) < 4.78 is 10.8. The maximum absolute atomic E-state index is 11.7. The van der Waals surface area contributed by atoms with E-state index in [-0.39, 0.29) is 11.4 Å². The number of rotatable bonds is 7. The fourth-order valence-electron chi connectivity index (χ4n) is 4.84. The highest BCUT2D eigenvalue weighted by molar-refractivity contribution is 5.90. The number of fused-ring (bicyclic) bond motifs is 1. The van der Waals surface area contributed by atoms with E-state index >= 15 is 0 Å². The highest BCUT2D eigenvalue weighted by Gasteiger charge is 2.28. The zero-order chi connectivity index (χ0) is 26.5. The fraction of sp³-hybridized carbons (Fsp3) is 0.171. The number of carbonyl (C=O) groups is 1. The molecule has 3 heteroatoms. The normalized spacial score (nSPS) is 14.0. The van der Waals surface area contributed by atoms with Gasteiger partial charge in [-0.05, 0) is 81.1 Å². The lowest BCUT2D eigenvalue weighted by Crippen LogP contribution is -2.21.